The van der Waals surface area contributed by atoms with Gasteiger partial charge in [-0.25, -0.2) is 9.97 Å². The lowest BCUT2D eigenvalue weighted by Gasteiger charge is -2.04. The van der Waals surface area contributed by atoms with Crippen molar-refractivity contribution < 1.29 is 9.85 Å². The van der Waals surface area contributed by atoms with E-state index >= 15 is 0 Å². The van der Waals surface area contributed by atoms with Gasteiger partial charge in [-0.15, -0.1) is 25.3 Å². The first-order valence-electron chi connectivity index (χ1n) is 10.2. The number of benzene rings is 2. The van der Waals surface area contributed by atoms with Crippen molar-refractivity contribution in [2.45, 2.75) is 9.79 Å². The average Bonchev–Trinajstić information content (AvgIpc) is 2.87. The van der Waals surface area contributed by atoms with E-state index in [0.29, 0.717) is 11.1 Å². The molecule has 0 aliphatic rings. The van der Waals surface area contributed by atoms with Gasteiger partial charge in [0.15, 0.2) is 11.4 Å². The minimum atomic E-state index is -0.673. The zero-order valence-electron chi connectivity index (χ0n) is 18.2. The van der Waals surface area contributed by atoms with Gasteiger partial charge in [0.05, 0.1) is 21.0 Å². The summed E-state index contributed by atoms with van der Waals surface area (Å²) in [5, 5.41) is 23.5. The van der Waals surface area contributed by atoms with Gasteiger partial charge in [-0.05, 0) is 48.5 Å². The van der Waals surface area contributed by atoms with E-state index in [2.05, 4.69) is 58.9 Å². The third-order valence-electron chi connectivity index (χ3n) is 4.79. The first-order chi connectivity index (χ1) is 17.3. The summed E-state index contributed by atoms with van der Waals surface area (Å²) in [6.07, 6.45) is 2.62. The number of nitrogens with zero attached hydrogens (tertiary/aromatic N) is 4. The third-order valence-corrected chi connectivity index (χ3v) is 5.39. The van der Waals surface area contributed by atoms with Gasteiger partial charge < -0.3 is 0 Å². The van der Waals surface area contributed by atoms with Gasteiger partial charge in [-0.3, -0.25) is 20.2 Å². The highest BCUT2D eigenvalue weighted by Crippen LogP contribution is 2.33. The van der Waals surface area contributed by atoms with E-state index in [1.807, 2.05) is 0 Å². The van der Waals surface area contributed by atoms with Crippen LogP contribution in [0.1, 0.15) is 22.3 Å². The number of aromatic nitrogens is 2. The summed E-state index contributed by atoms with van der Waals surface area (Å²) in [6, 6.07) is 16.6. The van der Waals surface area contributed by atoms with Crippen LogP contribution in [0.2, 0.25) is 0 Å². The molecule has 36 heavy (non-hydrogen) atoms. The number of pyridine rings is 2. The molecule has 4 rings (SSSR count). The molecule has 8 nitrogen and oxygen atoms in total. The van der Waals surface area contributed by atoms with Crippen molar-refractivity contribution in [3.63, 3.8) is 0 Å². The molecule has 0 saturated carbocycles. The van der Waals surface area contributed by atoms with Gasteiger partial charge in [0.2, 0.25) is 0 Å². The lowest BCUT2D eigenvalue weighted by atomic mass is 10.1. The monoisotopic (exact) mass is 510 g/mol. The minimum absolute atomic E-state index is 0.236. The van der Waals surface area contributed by atoms with Crippen molar-refractivity contribution in [2.24, 2.45) is 0 Å². The Morgan fingerprint density at radius 1 is 0.583 bits per heavy atom. The summed E-state index contributed by atoms with van der Waals surface area (Å²) < 4.78 is 0. The topological polar surface area (TPSA) is 112 Å². The molecule has 0 bridgehead atoms. The normalized spacial score (nSPS) is 9.94. The van der Waals surface area contributed by atoms with Gasteiger partial charge in [-0.2, -0.15) is 0 Å². The van der Waals surface area contributed by atoms with Crippen molar-refractivity contribution in [3.8, 4) is 35.1 Å². The van der Waals surface area contributed by atoms with Crippen molar-refractivity contribution in [2.75, 3.05) is 0 Å². The van der Waals surface area contributed by atoms with Gasteiger partial charge >= 0.3 is 0 Å². The van der Waals surface area contributed by atoms with Crippen LogP contribution in [0, 0.1) is 43.9 Å². The molecule has 2 aromatic carbocycles. The van der Waals surface area contributed by atoms with Crippen LogP contribution in [0.25, 0.3) is 11.4 Å². The summed E-state index contributed by atoms with van der Waals surface area (Å²) in [5.74, 6) is 11.4. The molecule has 2 heterocycles. The molecule has 0 atom stereocenters. The molecule has 0 aliphatic heterocycles. The average molecular weight is 511 g/mol. The van der Waals surface area contributed by atoms with E-state index in [0.717, 1.165) is 9.79 Å². The predicted octanol–water partition coefficient (Wildman–Crippen LogP) is 5.34. The summed E-state index contributed by atoms with van der Waals surface area (Å²) in [7, 11) is 0. The molecule has 0 fully saturated rings. The lowest BCUT2D eigenvalue weighted by molar-refractivity contribution is -0.386. The Morgan fingerprint density at radius 2 is 0.917 bits per heavy atom. The lowest BCUT2D eigenvalue weighted by Crippen LogP contribution is -2.01. The molecule has 0 unspecified atom stereocenters. The van der Waals surface area contributed by atoms with E-state index in [9.17, 15) is 20.2 Å². The fourth-order valence-electron chi connectivity index (χ4n) is 3.06. The predicted molar refractivity (Wildman–Crippen MR) is 140 cm³/mol. The largest absolute Gasteiger partial charge is 0.298 e. The van der Waals surface area contributed by atoms with Crippen LogP contribution < -0.4 is 0 Å². The Kier molecular flexibility index (Phi) is 7.31. The first-order valence-corrected chi connectivity index (χ1v) is 11.1. The van der Waals surface area contributed by atoms with Crippen molar-refractivity contribution in [3.05, 3.63) is 116 Å². The Labute approximate surface area is 216 Å². The van der Waals surface area contributed by atoms with Gasteiger partial charge in [-0.1, -0.05) is 23.7 Å². The van der Waals surface area contributed by atoms with Crippen molar-refractivity contribution in [1.82, 2.24) is 9.97 Å². The Hall–Kier alpha value is -4.64. The molecular formula is C26H14N4O4S2. The molecule has 2 aromatic heterocycles. The third kappa shape index (κ3) is 5.88. The van der Waals surface area contributed by atoms with Crippen LogP contribution in [0.3, 0.4) is 0 Å². The summed E-state index contributed by atoms with van der Waals surface area (Å²) in [6.45, 7) is 0. The van der Waals surface area contributed by atoms with Crippen LogP contribution in [0.4, 0.5) is 11.4 Å². The second kappa shape index (κ2) is 10.7. The second-order valence-electron chi connectivity index (χ2n) is 7.29. The van der Waals surface area contributed by atoms with E-state index in [1.54, 1.807) is 48.5 Å². The maximum Gasteiger partial charge on any atom is 0.298 e. The number of nitro groups is 2. The van der Waals surface area contributed by atoms with Crippen molar-refractivity contribution in [1.29, 1.82) is 0 Å². The first kappa shape index (κ1) is 24.5. The highest BCUT2D eigenvalue weighted by atomic mass is 32.1. The van der Waals surface area contributed by atoms with Crippen LogP contribution in [0.15, 0.2) is 82.8 Å². The maximum absolute atomic E-state index is 11.8. The fraction of sp³-hybridized carbons (Fsp3) is 0. The van der Waals surface area contributed by atoms with E-state index in [4.69, 9.17) is 0 Å². The molecule has 0 N–H and O–H groups in total. The van der Waals surface area contributed by atoms with Gasteiger partial charge in [0, 0.05) is 45.4 Å². The molecule has 4 aromatic rings. The molecular weight excluding hydrogens is 496 g/mol. The quantitative estimate of drug-likeness (QED) is 0.167. The molecule has 174 valence electrons. The number of hydrogen-bond acceptors (Lipinski definition) is 8. The Balaban J connectivity index is 1.72. The van der Waals surface area contributed by atoms with Crippen LogP contribution in [-0.4, -0.2) is 19.8 Å². The zero-order chi connectivity index (χ0) is 25.7. The van der Waals surface area contributed by atoms with Crippen LogP contribution in [-0.2, 0) is 0 Å². The number of thiol groups is 2. The zero-order valence-corrected chi connectivity index (χ0v) is 20.0. The molecule has 0 spiro atoms. The molecule has 0 saturated heterocycles. The summed E-state index contributed by atoms with van der Waals surface area (Å²) in [4.78, 5) is 32.0. The summed E-state index contributed by atoms with van der Waals surface area (Å²) in [5.41, 5.74) is 0.560. The van der Waals surface area contributed by atoms with Gasteiger partial charge in [0.25, 0.3) is 11.4 Å². The van der Waals surface area contributed by atoms with Crippen LogP contribution in [0.5, 0.6) is 0 Å². The van der Waals surface area contributed by atoms with Crippen molar-refractivity contribution >= 4 is 36.6 Å². The van der Waals surface area contributed by atoms with E-state index < -0.39 is 21.2 Å². The Bertz CT molecular complexity index is 1490. The molecule has 0 amide bonds. The molecule has 0 radical (unpaired) electrons. The maximum atomic E-state index is 11.8. The molecule has 10 heteroatoms. The highest BCUT2D eigenvalue weighted by molar-refractivity contribution is 7.80. The minimum Gasteiger partial charge on any atom is -0.258 e. The van der Waals surface area contributed by atoms with E-state index in [1.165, 1.54) is 24.5 Å². The molecule has 0 aliphatic carbocycles. The highest BCUT2D eigenvalue weighted by Gasteiger charge is 2.26. The SMILES string of the molecule is O=[N+]([O-])c1cc(C#Cc2ccc(S)cc2)cnc1-c1ncc(C#Cc2ccc(S)cc2)cc1[N+](=O)[O-]. The second-order valence-corrected chi connectivity index (χ2v) is 8.32. The number of hydrogen-bond donors (Lipinski definition) is 2. The standard InChI is InChI=1S/C26H14N4O4S2/c31-29(32)23-13-19(3-1-17-5-9-21(35)10-6-17)15-27-25(23)26-24(30(33)34)14-20(16-28-26)4-2-18-7-11-22(36)12-8-18/h5-16,35-36H. The smallest absolute Gasteiger partial charge is 0.258 e. The summed E-state index contributed by atoms with van der Waals surface area (Å²) >= 11 is 8.43. The van der Waals surface area contributed by atoms with Crippen LogP contribution >= 0.6 is 25.3 Å². The Morgan fingerprint density at radius 3 is 1.25 bits per heavy atom. The number of rotatable bonds is 3. The fourth-order valence-corrected chi connectivity index (χ4v) is 3.36. The van der Waals surface area contributed by atoms with E-state index in [-0.39, 0.29) is 22.5 Å². The van der Waals surface area contributed by atoms with Gasteiger partial charge in [0.1, 0.15) is 0 Å².